The van der Waals surface area contributed by atoms with E-state index in [1.807, 2.05) is 0 Å². The lowest BCUT2D eigenvalue weighted by Crippen LogP contribution is -2.33. The van der Waals surface area contributed by atoms with Gasteiger partial charge in [0, 0.05) is 0 Å². The normalized spacial score (nSPS) is 11.5. The van der Waals surface area contributed by atoms with Gasteiger partial charge in [-0.25, -0.2) is 4.79 Å². The fourth-order valence-corrected chi connectivity index (χ4v) is 1.19. The lowest BCUT2D eigenvalue weighted by molar-refractivity contribution is 0.155. The monoisotopic (exact) mass is 211 g/mol. The molecule has 15 heavy (non-hydrogen) atoms. The molecule has 0 aromatic heterocycles. The molecule has 0 radical (unpaired) electrons. The smallest absolute Gasteiger partial charge is 0.407 e. The van der Waals surface area contributed by atoms with Crippen LogP contribution in [0.15, 0.2) is 25.3 Å². The van der Waals surface area contributed by atoms with Gasteiger partial charge in [0.15, 0.2) is 0 Å². The van der Waals surface area contributed by atoms with Crippen LogP contribution in [0, 0.1) is 0 Å². The van der Waals surface area contributed by atoms with Gasteiger partial charge in [-0.05, 0) is 6.42 Å². The van der Waals surface area contributed by atoms with E-state index in [2.05, 4.69) is 25.4 Å². The van der Waals surface area contributed by atoms with Crippen LogP contribution in [0.25, 0.3) is 0 Å². The van der Waals surface area contributed by atoms with Gasteiger partial charge in [0.1, 0.15) is 6.61 Å². The molecular formula is C12H21NO2. The van der Waals surface area contributed by atoms with Gasteiger partial charge in [-0.1, -0.05) is 44.9 Å². The fourth-order valence-electron chi connectivity index (χ4n) is 1.19. The number of ether oxygens (including phenoxy) is 1. The van der Waals surface area contributed by atoms with Gasteiger partial charge < -0.3 is 10.1 Å². The van der Waals surface area contributed by atoms with Crippen LogP contribution in [0.2, 0.25) is 0 Å². The van der Waals surface area contributed by atoms with Crippen LogP contribution in [0.3, 0.4) is 0 Å². The van der Waals surface area contributed by atoms with Crippen LogP contribution < -0.4 is 5.32 Å². The van der Waals surface area contributed by atoms with Gasteiger partial charge in [0.25, 0.3) is 0 Å². The Kier molecular flexibility index (Phi) is 8.53. The van der Waals surface area contributed by atoms with Gasteiger partial charge >= 0.3 is 6.09 Å². The molecule has 1 atom stereocenters. The number of carbonyl (C=O) groups excluding carboxylic acids is 1. The van der Waals surface area contributed by atoms with E-state index in [0.717, 1.165) is 12.8 Å². The first-order chi connectivity index (χ1) is 7.24. The average Bonchev–Trinajstić information content (AvgIpc) is 2.25. The maximum Gasteiger partial charge on any atom is 0.407 e. The first-order valence-corrected chi connectivity index (χ1v) is 5.41. The minimum atomic E-state index is -0.406. The van der Waals surface area contributed by atoms with E-state index in [1.54, 1.807) is 12.2 Å². The molecule has 0 heterocycles. The van der Waals surface area contributed by atoms with Gasteiger partial charge in [0.2, 0.25) is 0 Å². The van der Waals surface area contributed by atoms with Crippen molar-refractivity contribution in [1.29, 1.82) is 0 Å². The van der Waals surface area contributed by atoms with Crippen molar-refractivity contribution in [3.05, 3.63) is 25.3 Å². The Labute approximate surface area is 92.2 Å². The summed E-state index contributed by atoms with van der Waals surface area (Å²) in [6.07, 6.45) is 7.23. The maximum atomic E-state index is 11.2. The molecule has 0 aliphatic heterocycles. The van der Waals surface area contributed by atoms with Crippen LogP contribution in [0.4, 0.5) is 4.79 Å². The van der Waals surface area contributed by atoms with Gasteiger partial charge in [-0.15, -0.1) is 6.58 Å². The van der Waals surface area contributed by atoms with Crippen molar-refractivity contribution in [2.24, 2.45) is 0 Å². The Bertz CT molecular complexity index is 202. The fraction of sp³-hybridized carbons (Fsp3) is 0.583. The molecule has 0 saturated carbocycles. The molecule has 0 spiro atoms. The lowest BCUT2D eigenvalue weighted by atomic mass is 10.1. The average molecular weight is 211 g/mol. The number of hydrogen-bond acceptors (Lipinski definition) is 2. The van der Waals surface area contributed by atoms with Crippen LogP contribution >= 0.6 is 0 Å². The number of amides is 1. The van der Waals surface area contributed by atoms with Crippen LogP contribution in [-0.2, 0) is 4.74 Å². The quantitative estimate of drug-likeness (QED) is 0.495. The van der Waals surface area contributed by atoms with Crippen molar-refractivity contribution in [2.75, 3.05) is 6.61 Å². The van der Waals surface area contributed by atoms with Crippen molar-refractivity contribution in [2.45, 2.75) is 38.6 Å². The topological polar surface area (TPSA) is 38.3 Å². The van der Waals surface area contributed by atoms with Gasteiger partial charge in [-0.2, -0.15) is 0 Å². The zero-order valence-corrected chi connectivity index (χ0v) is 9.50. The van der Waals surface area contributed by atoms with E-state index in [9.17, 15) is 4.79 Å². The van der Waals surface area contributed by atoms with E-state index in [0.29, 0.717) is 0 Å². The number of hydrogen-bond donors (Lipinski definition) is 1. The minimum absolute atomic E-state index is 0.00821. The third kappa shape index (κ3) is 7.79. The summed E-state index contributed by atoms with van der Waals surface area (Å²) in [5, 5.41) is 2.73. The Balaban J connectivity index is 3.71. The lowest BCUT2D eigenvalue weighted by Gasteiger charge is -2.13. The standard InChI is InChI=1S/C12H21NO2/c1-4-7-8-9-11(6-3)13-12(14)15-10-5-2/h5-6,11H,2-4,7-10H2,1H3,(H,13,14). The van der Waals surface area contributed by atoms with Crippen molar-refractivity contribution in [3.63, 3.8) is 0 Å². The van der Waals surface area contributed by atoms with Crippen LogP contribution in [-0.4, -0.2) is 18.7 Å². The van der Waals surface area contributed by atoms with Crippen molar-refractivity contribution < 1.29 is 9.53 Å². The minimum Gasteiger partial charge on any atom is -0.445 e. The van der Waals surface area contributed by atoms with Gasteiger partial charge in [0.05, 0.1) is 6.04 Å². The molecule has 0 aliphatic carbocycles. The largest absolute Gasteiger partial charge is 0.445 e. The highest BCUT2D eigenvalue weighted by atomic mass is 16.5. The Hall–Kier alpha value is -1.25. The summed E-state index contributed by atoms with van der Waals surface area (Å²) >= 11 is 0. The SMILES string of the molecule is C=CCOC(=O)NC(C=C)CCCCC. The first-order valence-electron chi connectivity index (χ1n) is 5.41. The molecule has 0 aliphatic rings. The van der Waals surface area contributed by atoms with Crippen LogP contribution in [0.5, 0.6) is 0 Å². The number of carbonyl (C=O) groups is 1. The van der Waals surface area contributed by atoms with Crippen LogP contribution in [0.1, 0.15) is 32.6 Å². The van der Waals surface area contributed by atoms with E-state index in [4.69, 9.17) is 4.74 Å². The molecule has 0 aromatic carbocycles. The van der Waals surface area contributed by atoms with E-state index in [-0.39, 0.29) is 12.6 Å². The molecule has 0 rings (SSSR count). The molecule has 0 saturated heterocycles. The van der Waals surface area contributed by atoms with Crippen molar-refractivity contribution in [3.8, 4) is 0 Å². The maximum absolute atomic E-state index is 11.2. The Morgan fingerprint density at radius 3 is 2.73 bits per heavy atom. The summed E-state index contributed by atoms with van der Waals surface area (Å²) in [6, 6.07) is 0.00821. The molecule has 0 bridgehead atoms. The molecule has 1 N–H and O–H groups in total. The summed E-state index contributed by atoms with van der Waals surface area (Å²) in [7, 11) is 0. The molecule has 0 aromatic rings. The number of alkyl carbamates (subject to hydrolysis) is 1. The second-order valence-electron chi connectivity index (χ2n) is 3.37. The zero-order chi connectivity index (χ0) is 11.5. The highest BCUT2D eigenvalue weighted by Gasteiger charge is 2.08. The summed E-state index contributed by atoms with van der Waals surface area (Å²) < 4.78 is 4.81. The first kappa shape index (κ1) is 13.8. The molecule has 1 amide bonds. The highest BCUT2D eigenvalue weighted by Crippen LogP contribution is 2.04. The number of rotatable bonds is 8. The summed E-state index contributed by atoms with van der Waals surface area (Å²) in [4.78, 5) is 11.2. The summed E-state index contributed by atoms with van der Waals surface area (Å²) in [5.41, 5.74) is 0. The summed E-state index contributed by atoms with van der Waals surface area (Å²) in [6.45, 7) is 9.54. The van der Waals surface area contributed by atoms with E-state index in [1.165, 1.54) is 12.8 Å². The predicted molar refractivity (Wildman–Crippen MR) is 62.8 cm³/mol. The number of nitrogens with one attached hydrogen (secondary N) is 1. The molecule has 1 unspecified atom stereocenters. The molecule has 3 heteroatoms. The predicted octanol–water partition coefficient (Wildman–Crippen LogP) is 3.03. The molecule has 0 fully saturated rings. The molecule has 86 valence electrons. The van der Waals surface area contributed by atoms with Gasteiger partial charge in [-0.3, -0.25) is 0 Å². The molecular weight excluding hydrogens is 190 g/mol. The third-order valence-electron chi connectivity index (χ3n) is 2.04. The van der Waals surface area contributed by atoms with E-state index < -0.39 is 6.09 Å². The molecule has 3 nitrogen and oxygen atoms in total. The van der Waals surface area contributed by atoms with Crippen molar-refractivity contribution in [1.82, 2.24) is 5.32 Å². The Morgan fingerprint density at radius 2 is 2.20 bits per heavy atom. The van der Waals surface area contributed by atoms with E-state index >= 15 is 0 Å². The summed E-state index contributed by atoms with van der Waals surface area (Å²) in [5.74, 6) is 0. The zero-order valence-electron chi connectivity index (χ0n) is 9.50. The number of unbranched alkanes of at least 4 members (excludes halogenated alkanes) is 2. The Morgan fingerprint density at radius 1 is 1.47 bits per heavy atom. The van der Waals surface area contributed by atoms with Crippen molar-refractivity contribution >= 4 is 6.09 Å². The third-order valence-corrected chi connectivity index (χ3v) is 2.04. The second-order valence-corrected chi connectivity index (χ2v) is 3.37. The highest BCUT2D eigenvalue weighted by molar-refractivity contribution is 5.67. The second kappa shape index (κ2) is 9.31.